The number of nitrogens with zero attached hydrogens (tertiary/aromatic N) is 3. The first-order valence-corrected chi connectivity index (χ1v) is 26.5. The summed E-state index contributed by atoms with van der Waals surface area (Å²) in [7, 11) is -1.50. The van der Waals surface area contributed by atoms with Crippen molar-refractivity contribution in [3.8, 4) is 50.6 Å². The molecule has 339 valence electrons. The Hall–Kier alpha value is -6.17. The fraction of sp³-hybridized carbons (Fsp3) is 0.213. The number of hydrogen-bond donors (Lipinski definition) is 0. The van der Waals surface area contributed by atoms with Gasteiger partial charge in [0.15, 0.2) is 0 Å². The van der Waals surface area contributed by atoms with Crippen molar-refractivity contribution in [2.24, 2.45) is 0 Å². The van der Waals surface area contributed by atoms with Crippen LogP contribution in [-0.2, 0) is 20.1 Å². The van der Waals surface area contributed by atoms with E-state index >= 15 is 0 Å². The molecule has 0 unspecified atom stereocenters. The Balaban J connectivity index is 0.000000271. The van der Waals surface area contributed by atoms with Gasteiger partial charge in [0.25, 0.3) is 0 Å². The van der Waals surface area contributed by atoms with E-state index in [1.807, 2.05) is 74.6 Å². The second kappa shape index (κ2) is 19.6. The second-order valence-electron chi connectivity index (χ2n) is 19.1. The standard InChI is InChI=1S/C44H37N2O.C17H22NSi.Ir/c1-27(2)37-24-33(30-12-7-6-8-13-30)25-38(28(3)4)42(37)46-40-17-10-9-16-39(40)45-44(46)36-15-11-14-35-34-23-22-32(26-41(34)47-43(35)36)31-20-18-29(5)19-21-31;1-13(2)15-11-16(14-9-7-6-8-10-14)18-12-17(15)19(3,4)5;/h6-14,16-28H,1-5H3;6-9,11-13H,1-5H3;/q2*-1;/i5D3;13D;. The van der Waals surface area contributed by atoms with Crippen molar-refractivity contribution in [3.05, 3.63) is 192 Å². The first-order valence-electron chi connectivity index (χ1n) is 25.0. The van der Waals surface area contributed by atoms with Crippen molar-refractivity contribution in [3.63, 3.8) is 0 Å². The van der Waals surface area contributed by atoms with Crippen molar-refractivity contribution in [1.29, 1.82) is 0 Å². The van der Waals surface area contributed by atoms with Crippen LogP contribution in [0, 0.1) is 19.0 Å². The van der Waals surface area contributed by atoms with Crippen LogP contribution in [0.2, 0.25) is 19.6 Å². The summed E-state index contributed by atoms with van der Waals surface area (Å²) in [5, 5.41) is 3.26. The van der Waals surface area contributed by atoms with Gasteiger partial charge in [-0.1, -0.05) is 168 Å². The number of para-hydroxylation sites is 2. The number of fused-ring (bicyclic) bond motifs is 4. The average molecular weight is 1070 g/mol. The molecule has 0 N–H and O–H groups in total. The van der Waals surface area contributed by atoms with Gasteiger partial charge in [-0.05, 0) is 99.2 Å². The number of imidazole rings is 1. The number of hydrogen-bond acceptors (Lipinski definition) is 3. The van der Waals surface area contributed by atoms with Gasteiger partial charge in [0.2, 0.25) is 0 Å². The smallest absolute Gasteiger partial charge is 0.121 e. The van der Waals surface area contributed by atoms with Gasteiger partial charge in [-0.2, -0.15) is 0 Å². The Labute approximate surface area is 417 Å². The Morgan fingerprint density at radius 3 is 1.97 bits per heavy atom. The van der Waals surface area contributed by atoms with Crippen LogP contribution < -0.4 is 5.19 Å². The molecule has 0 spiro atoms. The zero-order chi connectivity index (χ0) is 49.7. The van der Waals surface area contributed by atoms with Gasteiger partial charge < -0.3 is 14.0 Å². The quantitative estimate of drug-likeness (QED) is 0.107. The molecule has 0 aliphatic heterocycles. The van der Waals surface area contributed by atoms with Crippen molar-refractivity contribution < 1.29 is 30.0 Å². The van der Waals surface area contributed by atoms with Crippen molar-refractivity contribution in [1.82, 2.24) is 14.5 Å². The van der Waals surface area contributed by atoms with E-state index in [0.29, 0.717) is 5.56 Å². The summed E-state index contributed by atoms with van der Waals surface area (Å²) in [5.74, 6) is 0.673. The molecule has 67 heavy (non-hydrogen) atoms. The maximum atomic E-state index is 8.44. The summed E-state index contributed by atoms with van der Waals surface area (Å²) < 4.78 is 40.7. The molecule has 0 saturated carbocycles. The van der Waals surface area contributed by atoms with Crippen LogP contribution in [0.3, 0.4) is 0 Å². The van der Waals surface area contributed by atoms with E-state index in [9.17, 15) is 0 Å². The van der Waals surface area contributed by atoms with Crippen molar-refractivity contribution in [2.45, 2.75) is 85.8 Å². The number of aromatic nitrogens is 3. The molecule has 0 bridgehead atoms. The maximum Gasteiger partial charge on any atom is 0.121 e. The third kappa shape index (κ3) is 9.54. The summed E-state index contributed by atoms with van der Waals surface area (Å²) in [6, 6.07) is 57.5. The van der Waals surface area contributed by atoms with Crippen LogP contribution >= 0.6 is 0 Å². The van der Waals surface area contributed by atoms with Gasteiger partial charge in [-0.3, -0.25) is 4.98 Å². The second-order valence-corrected chi connectivity index (χ2v) is 24.1. The van der Waals surface area contributed by atoms with Crippen molar-refractivity contribution >= 4 is 46.2 Å². The molecule has 7 aromatic carbocycles. The zero-order valence-electron chi connectivity index (χ0n) is 43.7. The van der Waals surface area contributed by atoms with Crippen molar-refractivity contribution in [2.75, 3.05) is 0 Å². The number of benzene rings is 7. The fourth-order valence-electron chi connectivity index (χ4n) is 8.95. The Bertz CT molecular complexity index is 3470. The topological polar surface area (TPSA) is 43.9 Å². The van der Waals surface area contributed by atoms with Gasteiger partial charge in [-0.25, -0.2) is 0 Å². The van der Waals surface area contributed by atoms with Crippen LogP contribution in [-0.4, -0.2) is 22.6 Å². The third-order valence-corrected chi connectivity index (χ3v) is 14.4. The van der Waals surface area contributed by atoms with Crippen LogP contribution in [0.5, 0.6) is 0 Å². The predicted octanol–water partition coefficient (Wildman–Crippen LogP) is 16.5. The van der Waals surface area contributed by atoms with E-state index in [1.54, 1.807) is 12.1 Å². The molecule has 0 aliphatic rings. The minimum Gasteiger partial charge on any atom is -0.501 e. The van der Waals surface area contributed by atoms with Crippen LogP contribution in [0.25, 0.3) is 83.6 Å². The number of rotatable bonds is 9. The first-order chi connectivity index (χ1) is 33.3. The third-order valence-electron chi connectivity index (χ3n) is 12.4. The number of pyridine rings is 1. The molecule has 3 heterocycles. The number of furan rings is 1. The van der Waals surface area contributed by atoms with Gasteiger partial charge >= 0.3 is 0 Å². The monoisotopic (exact) mass is 1070 g/mol. The summed E-state index contributed by atoms with van der Waals surface area (Å²) in [6.45, 7) is 17.7. The summed E-state index contributed by atoms with van der Waals surface area (Å²) in [5.41, 5.74) is 15.5. The molecule has 0 amide bonds. The molecule has 10 aromatic rings. The summed E-state index contributed by atoms with van der Waals surface area (Å²) >= 11 is 0. The first kappa shape index (κ1) is 42.2. The molecule has 0 fully saturated rings. The maximum absolute atomic E-state index is 8.44. The van der Waals surface area contributed by atoms with Gasteiger partial charge in [0.1, 0.15) is 5.58 Å². The molecular weight excluding hydrogens is 1010 g/mol. The van der Waals surface area contributed by atoms with E-state index in [2.05, 4.69) is 154 Å². The Morgan fingerprint density at radius 1 is 0.642 bits per heavy atom. The summed E-state index contributed by atoms with van der Waals surface area (Å²) in [6.07, 6.45) is 1.98. The van der Waals surface area contributed by atoms with Gasteiger partial charge in [0.05, 0.1) is 30.5 Å². The molecule has 4 nitrogen and oxygen atoms in total. The molecule has 10 rings (SSSR count). The van der Waals surface area contributed by atoms with E-state index < -0.39 is 20.8 Å². The van der Waals surface area contributed by atoms with E-state index in [4.69, 9.17) is 14.9 Å². The minimum absolute atomic E-state index is 0. The largest absolute Gasteiger partial charge is 0.501 e. The molecule has 1 radical (unpaired) electrons. The Morgan fingerprint density at radius 2 is 1.31 bits per heavy atom. The molecule has 0 saturated heterocycles. The fourth-order valence-corrected chi connectivity index (χ4v) is 10.5. The minimum atomic E-state index is -2.14. The summed E-state index contributed by atoms with van der Waals surface area (Å²) in [4.78, 5) is 9.89. The molecule has 0 aliphatic carbocycles. The van der Waals surface area contributed by atoms with Gasteiger partial charge in [-0.15, -0.1) is 54.1 Å². The van der Waals surface area contributed by atoms with Crippen LogP contribution in [0.1, 0.15) is 87.0 Å². The zero-order valence-corrected chi connectivity index (χ0v) is 43.1. The van der Waals surface area contributed by atoms with E-state index in [0.717, 1.165) is 78.0 Å². The predicted molar refractivity (Wildman–Crippen MR) is 282 cm³/mol. The van der Waals surface area contributed by atoms with Crippen LogP contribution in [0.15, 0.2) is 162 Å². The molecule has 3 aromatic heterocycles. The van der Waals surface area contributed by atoms with E-state index in [-0.39, 0.29) is 31.9 Å². The van der Waals surface area contributed by atoms with E-state index in [1.165, 1.54) is 27.4 Å². The normalized spacial score (nSPS) is 12.9. The number of aryl methyl sites for hydroxylation is 1. The Kier molecular flexibility index (Phi) is 12.3. The SMILES string of the molecule is [2H]C(C)(C)c1cc(-c2[c-]cccc2)ncc1[Si](C)(C)C.[2H]C([2H])([2H])c1ccc(-c2ccc3c(c2)oc2c(-c4nc5ccccc5n4-c4c(C(C)C)cc(-c5ccccc5)cc4C(C)C)[c-]ccc23)cc1.[Ir]. The molecule has 0 atom stereocenters. The van der Waals surface area contributed by atoms with Crippen LogP contribution in [0.4, 0.5) is 0 Å². The average Bonchev–Trinajstić information content (AvgIpc) is 3.92. The molecule has 6 heteroatoms. The molecular formula is C61H59IrN3OSi-2. The van der Waals surface area contributed by atoms with Gasteiger partial charge in [0, 0.05) is 42.9 Å².